The Morgan fingerprint density at radius 3 is 2.17 bits per heavy atom. The first-order valence-electron chi connectivity index (χ1n) is 7.77. The van der Waals surface area contributed by atoms with Gasteiger partial charge in [0.15, 0.2) is 0 Å². The molecule has 0 bridgehead atoms. The molecule has 0 radical (unpaired) electrons. The van der Waals surface area contributed by atoms with Crippen molar-refractivity contribution in [3.63, 3.8) is 0 Å². The number of aromatic amines is 1. The normalized spacial score (nSPS) is 8.46. The van der Waals surface area contributed by atoms with Crippen LogP contribution in [0.15, 0.2) is 12.3 Å². The molecule has 0 aromatic carbocycles. The first-order chi connectivity index (χ1) is 11.6. The summed E-state index contributed by atoms with van der Waals surface area (Å²) in [6.45, 7) is 7.65. The lowest BCUT2D eigenvalue weighted by molar-refractivity contribution is -0.193. The maximum Gasteiger partial charge on any atom is 0.373 e. The van der Waals surface area contributed by atoms with Crippen molar-refractivity contribution in [3.8, 4) is 0 Å². The van der Waals surface area contributed by atoms with E-state index in [2.05, 4.69) is 24.1 Å². The molecule has 24 heavy (non-hydrogen) atoms. The zero-order chi connectivity index (χ0) is 18.8. The van der Waals surface area contributed by atoms with E-state index in [4.69, 9.17) is 19.2 Å². The Morgan fingerprint density at radius 2 is 1.71 bits per heavy atom. The van der Waals surface area contributed by atoms with Crippen molar-refractivity contribution in [1.29, 1.82) is 0 Å². The van der Waals surface area contributed by atoms with E-state index < -0.39 is 0 Å². The van der Waals surface area contributed by atoms with Crippen LogP contribution in [0.4, 0.5) is 10.5 Å². The van der Waals surface area contributed by atoms with Gasteiger partial charge in [0.2, 0.25) is 0 Å². The molecule has 134 valence electrons. The van der Waals surface area contributed by atoms with Crippen LogP contribution in [0.2, 0.25) is 0 Å². The average molecular weight is 339 g/mol. The van der Waals surface area contributed by atoms with Gasteiger partial charge in [-0.3, -0.25) is 4.90 Å². The summed E-state index contributed by atoms with van der Waals surface area (Å²) in [5, 5.41) is 2.89. The lowest BCUT2D eigenvalue weighted by Gasteiger charge is -2.23. The molecular formula is C16H25N3O5. The van der Waals surface area contributed by atoms with E-state index in [9.17, 15) is 4.79 Å². The van der Waals surface area contributed by atoms with Crippen LogP contribution in [0.5, 0.6) is 0 Å². The summed E-state index contributed by atoms with van der Waals surface area (Å²) < 4.78 is 0. The number of unbranched alkanes of at least 4 members (excludes halogenated alkanes) is 2. The van der Waals surface area contributed by atoms with E-state index >= 15 is 0 Å². The highest BCUT2D eigenvalue weighted by molar-refractivity contribution is 5.92. The van der Waals surface area contributed by atoms with Crippen LogP contribution in [-0.4, -0.2) is 36.4 Å². The number of rotatable bonds is 7. The van der Waals surface area contributed by atoms with Crippen molar-refractivity contribution < 1.29 is 24.0 Å². The van der Waals surface area contributed by atoms with Gasteiger partial charge in [0.25, 0.3) is 0 Å². The van der Waals surface area contributed by atoms with Gasteiger partial charge in [-0.05, 0) is 25.8 Å². The first-order valence-corrected chi connectivity index (χ1v) is 7.77. The summed E-state index contributed by atoms with van der Waals surface area (Å²) in [6, 6.07) is 1.99. The highest BCUT2D eigenvalue weighted by Gasteiger charge is 2.17. The monoisotopic (exact) mass is 339 g/mol. The van der Waals surface area contributed by atoms with Gasteiger partial charge in [-0.2, -0.15) is 19.2 Å². The van der Waals surface area contributed by atoms with E-state index in [-0.39, 0.29) is 18.3 Å². The third-order valence-electron chi connectivity index (χ3n) is 3.01. The van der Waals surface area contributed by atoms with Crippen molar-refractivity contribution in [1.82, 2.24) is 10.3 Å². The highest BCUT2D eigenvalue weighted by atomic mass is 16.2. The molecule has 0 aliphatic rings. The van der Waals surface area contributed by atoms with Gasteiger partial charge >= 0.3 is 18.3 Å². The van der Waals surface area contributed by atoms with Crippen molar-refractivity contribution in [2.45, 2.75) is 46.5 Å². The standard InChI is InChI=1S/C14H25N3O.2CO2/c1-4-7-8-11-17(14(18)15-6-3)13-9-10-16-12(13)5-2;2*2-1-3/h9-10,16H,4-8,11H2,1-3H3,(H,15,18);;. The van der Waals surface area contributed by atoms with Gasteiger partial charge in [-0.1, -0.05) is 26.7 Å². The second kappa shape index (κ2) is 16.7. The lowest BCUT2D eigenvalue weighted by Crippen LogP contribution is -2.40. The highest BCUT2D eigenvalue weighted by Crippen LogP contribution is 2.20. The average Bonchev–Trinajstić information content (AvgIpc) is 3.01. The molecule has 0 saturated carbocycles. The molecule has 0 aliphatic carbocycles. The second-order valence-corrected chi connectivity index (χ2v) is 4.56. The third-order valence-corrected chi connectivity index (χ3v) is 3.01. The van der Waals surface area contributed by atoms with Crippen molar-refractivity contribution in [3.05, 3.63) is 18.0 Å². The molecule has 8 heteroatoms. The smallest absolute Gasteiger partial charge is 0.363 e. The fourth-order valence-electron chi connectivity index (χ4n) is 2.03. The predicted molar refractivity (Wildman–Crippen MR) is 86.1 cm³/mol. The summed E-state index contributed by atoms with van der Waals surface area (Å²) in [6.07, 6.45) is 6.67. The van der Waals surface area contributed by atoms with Crippen LogP contribution in [-0.2, 0) is 25.6 Å². The largest absolute Gasteiger partial charge is 0.373 e. The Morgan fingerprint density at radius 1 is 1.12 bits per heavy atom. The van der Waals surface area contributed by atoms with Crippen LogP contribution in [0.3, 0.4) is 0 Å². The molecule has 0 aliphatic heterocycles. The number of carbonyl (C=O) groups is 1. The quantitative estimate of drug-likeness (QED) is 0.738. The van der Waals surface area contributed by atoms with Gasteiger partial charge in [0.1, 0.15) is 0 Å². The molecule has 1 aromatic rings. The number of aryl methyl sites for hydroxylation is 1. The van der Waals surface area contributed by atoms with Crippen molar-refractivity contribution in [2.75, 3.05) is 18.0 Å². The number of hydrogen-bond donors (Lipinski definition) is 2. The van der Waals surface area contributed by atoms with E-state index in [1.54, 1.807) is 0 Å². The fraction of sp³-hybridized carbons (Fsp3) is 0.562. The number of hydrogen-bond acceptors (Lipinski definition) is 5. The minimum atomic E-state index is 0.00269. The van der Waals surface area contributed by atoms with Crippen molar-refractivity contribution >= 4 is 24.0 Å². The SMILES string of the molecule is CCCCCN(C(=O)NCC)c1cc[nH]c1CC.O=C=O.O=C=O. The number of H-pyrrole nitrogens is 1. The molecule has 0 fully saturated rings. The zero-order valence-corrected chi connectivity index (χ0v) is 14.4. The summed E-state index contributed by atoms with van der Waals surface area (Å²) in [4.78, 5) is 49.7. The number of carbonyl (C=O) groups excluding carboxylic acids is 5. The maximum absolute atomic E-state index is 12.1. The predicted octanol–water partition coefficient (Wildman–Crippen LogP) is 2.14. The summed E-state index contributed by atoms with van der Waals surface area (Å²) in [7, 11) is 0. The van der Waals surface area contributed by atoms with Gasteiger partial charge in [0, 0.05) is 25.0 Å². The van der Waals surface area contributed by atoms with E-state index in [1.807, 2.05) is 24.1 Å². The van der Waals surface area contributed by atoms with Crippen LogP contribution < -0.4 is 10.2 Å². The molecule has 0 spiro atoms. The number of nitrogens with zero attached hydrogens (tertiary/aromatic N) is 1. The molecule has 8 nitrogen and oxygen atoms in total. The molecule has 2 N–H and O–H groups in total. The molecule has 1 aromatic heterocycles. The van der Waals surface area contributed by atoms with Gasteiger partial charge < -0.3 is 10.3 Å². The molecule has 0 atom stereocenters. The Bertz CT molecular complexity index is 504. The van der Waals surface area contributed by atoms with E-state index in [1.165, 1.54) is 0 Å². The van der Waals surface area contributed by atoms with Gasteiger partial charge in [-0.15, -0.1) is 0 Å². The van der Waals surface area contributed by atoms with Gasteiger partial charge in [0.05, 0.1) is 5.69 Å². The van der Waals surface area contributed by atoms with Gasteiger partial charge in [-0.25, -0.2) is 4.79 Å². The van der Waals surface area contributed by atoms with Crippen molar-refractivity contribution in [2.24, 2.45) is 0 Å². The summed E-state index contributed by atoms with van der Waals surface area (Å²) >= 11 is 0. The summed E-state index contributed by atoms with van der Waals surface area (Å²) in [5.41, 5.74) is 2.14. The second-order valence-electron chi connectivity index (χ2n) is 4.56. The Labute approximate surface area is 141 Å². The zero-order valence-electron chi connectivity index (χ0n) is 14.4. The molecule has 2 amide bonds. The molecule has 1 rings (SSSR count). The first kappa shape index (κ1) is 23.6. The van der Waals surface area contributed by atoms with Crippen LogP contribution >= 0.6 is 0 Å². The maximum atomic E-state index is 12.1. The number of nitrogens with one attached hydrogen (secondary N) is 2. The van der Waals surface area contributed by atoms with Crippen LogP contribution in [0.25, 0.3) is 0 Å². The Hall–Kier alpha value is -2.69. The van der Waals surface area contributed by atoms with Crippen LogP contribution in [0, 0.1) is 0 Å². The fourth-order valence-corrected chi connectivity index (χ4v) is 2.03. The minimum absolute atomic E-state index is 0.00269. The Kier molecular flexibility index (Phi) is 16.4. The topological polar surface area (TPSA) is 116 Å². The third kappa shape index (κ3) is 10.1. The molecule has 0 unspecified atom stereocenters. The molecule has 0 saturated heterocycles. The molecule has 1 heterocycles. The Balaban J connectivity index is 0. The van der Waals surface area contributed by atoms with E-state index in [0.717, 1.165) is 43.6 Å². The summed E-state index contributed by atoms with van der Waals surface area (Å²) in [5.74, 6) is 0. The number of urea groups is 1. The van der Waals surface area contributed by atoms with E-state index in [0.29, 0.717) is 6.54 Å². The van der Waals surface area contributed by atoms with Crippen LogP contribution in [0.1, 0.15) is 45.7 Å². The molecular weight excluding hydrogens is 314 g/mol. The number of anilines is 1. The minimum Gasteiger partial charge on any atom is -0.363 e. The lowest BCUT2D eigenvalue weighted by atomic mass is 10.2. The number of amides is 2. The number of aromatic nitrogens is 1.